The lowest BCUT2D eigenvalue weighted by molar-refractivity contribution is -0.123. The highest BCUT2D eigenvalue weighted by molar-refractivity contribution is 9.13. The molecule has 0 heterocycles. The second-order valence-electron chi connectivity index (χ2n) is 9.60. The van der Waals surface area contributed by atoms with Crippen LogP contribution in [0.1, 0.15) is 59.1 Å². The van der Waals surface area contributed by atoms with Crippen molar-refractivity contribution >= 4 is 44.0 Å². The molecule has 2 aromatic rings. The molecule has 2 N–H and O–H groups in total. The van der Waals surface area contributed by atoms with Crippen LogP contribution in [-0.4, -0.2) is 30.4 Å². The van der Waals surface area contributed by atoms with Crippen molar-refractivity contribution in [3.63, 3.8) is 0 Å². The number of hydrazone groups is 1. The molecule has 0 saturated heterocycles. The Labute approximate surface area is 213 Å². The summed E-state index contributed by atoms with van der Waals surface area (Å²) in [6, 6.07) is 9.50. The maximum atomic E-state index is 12.1. The average molecular weight is 584 g/mol. The summed E-state index contributed by atoms with van der Waals surface area (Å²) in [5, 5.41) is 14.1. The molecule has 0 aliphatic heterocycles. The number of hydrogen-bond donors (Lipinski definition) is 2. The van der Waals surface area contributed by atoms with Gasteiger partial charge in [0.1, 0.15) is 5.75 Å². The molecule has 0 fully saturated rings. The zero-order chi connectivity index (χ0) is 24.8. The van der Waals surface area contributed by atoms with Gasteiger partial charge in [-0.1, -0.05) is 46.8 Å². The normalized spacial score (nSPS) is 12.1. The molecule has 6 nitrogen and oxygen atoms in total. The molecule has 0 spiro atoms. The monoisotopic (exact) mass is 582 g/mol. The molecule has 0 unspecified atom stereocenters. The van der Waals surface area contributed by atoms with Crippen molar-refractivity contribution < 1.29 is 19.4 Å². The number of rotatable bonds is 9. The predicted molar refractivity (Wildman–Crippen MR) is 139 cm³/mol. The minimum Gasteiger partial charge on any atom is -0.503 e. The van der Waals surface area contributed by atoms with E-state index in [9.17, 15) is 9.90 Å². The Morgan fingerprint density at radius 2 is 1.73 bits per heavy atom. The number of ether oxygens (including phenoxy) is 2. The molecule has 2 aromatic carbocycles. The van der Waals surface area contributed by atoms with Crippen molar-refractivity contribution in [3.8, 4) is 17.2 Å². The van der Waals surface area contributed by atoms with Crippen LogP contribution in [0.25, 0.3) is 0 Å². The molecule has 0 aliphatic carbocycles. The van der Waals surface area contributed by atoms with Gasteiger partial charge in [-0.05, 0) is 79.8 Å². The van der Waals surface area contributed by atoms with Gasteiger partial charge in [0.15, 0.2) is 18.1 Å². The minimum atomic E-state index is -0.387. The van der Waals surface area contributed by atoms with Crippen LogP contribution in [0, 0.1) is 5.41 Å². The van der Waals surface area contributed by atoms with Gasteiger partial charge in [-0.15, -0.1) is 0 Å². The molecular formula is C25H32Br2N2O4. The van der Waals surface area contributed by atoms with Gasteiger partial charge in [-0.25, -0.2) is 5.43 Å². The summed E-state index contributed by atoms with van der Waals surface area (Å²) in [4.78, 5) is 12.1. The van der Waals surface area contributed by atoms with E-state index in [0.717, 1.165) is 6.42 Å². The molecular weight excluding hydrogens is 552 g/mol. The van der Waals surface area contributed by atoms with Crippen LogP contribution in [0.4, 0.5) is 0 Å². The number of phenolic OH excluding ortho intramolecular Hbond substituents is 1. The summed E-state index contributed by atoms with van der Waals surface area (Å²) in [7, 11) is 0. The molecule has 0 saturated carbocycles. The Morgan fingerprint density at radius 1 is 1.09 bits per heavy atom. The molecule has 180 valence electrons. The number of carbonyl (C=O) groups is 1. The largest absolute Gasteiger partial charge is 0.503 e. The topological polar surface area (TPSA) is 80.2 Å². The number of aromatic hydroxyl groups is 1. The van der Waals surface area contributed by atoms with E-state index in [-0.39, 0.29) is 29.1 Å². The standard InChI is InChI=1S/C25H32Br2N2O4/c1-7-32-19-12-16(21(26)22(27)23(19)31)13-28-29-20(30)14-33-18-10-8-17(9-11-18)25(5,6)15-24(2,3)4/h8-13,31H,7,14-15H2,1-6H3,(H,29,30)/b28-13-. The lowest BCUT2D eigenvalue weighted by Crippen LogP contribution is -2.25. The number of nitrogens with zero attached hydrogens (tertiary/aromatic N) is 1. The Balaban J connectivity index is 1.94. The van der Waals surface area contributed by atoms with E-state index in [1.54, 1.807) is 6.07 Å². The van der Waals surface area contributed by atoms with Gasteiger partial charge in [-0.3, -0.25) is 4.79 Å². The fraction of sp³-hybridized carbons (Fsp3) is 0.440. The third-order valence-electron chi connectivity index (χ3n) is 4.84. The first kappa shape index (κ1) is 27.2. The quantitative estimate of drug-likeness (QED) is 0.259. The van der Waals surface area contributed by atoms with E-state index in [0.29, 0.717) is 32.6 Å². The van der Waals surface area contributed by atoms with Crippen molar-refractivity contribution in [1.82, 2.24) is 5.43 Å². The molecule has 1 amide bonds. The van der Waals surface area contributed by atoms with Gasteiger partial charge in [0, 0.05) is 10.0 Å². The van der Waals surface area contributed by atoms with E-state index in [4.69, 9.17) is 9.47 Å². The second-order valence-corrected chi connectivity index (χ2v) is 11.2. The molecule has 0 aromatic heterocycles. The van der Waals surface area contributed by atoms with Gasteiger partial charge in [0.25, 0.3) is 5.91 Å². The first-order valence-electron chi connectivity index (χ1n) is 10.7. The summed E-state index contributed by atoms with van der Waals surface area (Å²) in [6.45, 7) is 13.3. The fourth-order valence-corrected chi connectivity index (χ4v) is 4.59. The van der Waals surface area contributed by atoms with Gasteiger partial charge in [0.2, 0.25) is 0 Å². The van der Waals surface area contributed by atoms with Crippen LogP contribution in [0.3, 0.4) is 0 Å². The Morgan fingerprint density at radius 3 is 2.30 bits per heavy atom. The summed E-state index contributed by atoms with van der Waals surface area (Å²) >= 11 is 6.70. The van der Waals surface area contributed by atoms with Crippen molar-refractivity contribution in [1.29, 1.82) is 0 Å². The SMILES string of the molecule is CCOc1cc(/C=N\NC(=O)COc2ccc(C(C)(C)CC(C)(C)C)cc2)c(Br)c(Br)c1O. The maximum absolute atomic E-state index is 12.1. The molecule has 0 bridgehead atoms. The Kier molecular flexibility index (Phi) is 9.38. The first-order chi connectivity index (χ1) is 15.3. The van der Waals surface area contributed by atoms with Crippen molar-refractivity contribution in [2.75, 3.05) is 13.2 Å². The number of benzene rings is 2. The third kappa shape index (κ3) is 8.03. The van der Waals surface area contributed by atoms with Crippen LogP contribution in [0.2, 0.25) is 0 Å². The minimum absolute atomic E-state index is 0.00822. The van der Waals surface area contributed by atoms with E-state index >= 15 is 0 Å². The fourth-order valence-electron chi connectivity index (χ4n) is 3.76. The van der Waals surface area contributed by atoms with Crippen LogP contribution >= 0.6 is 31.9 Å². The molecule has 33 heavy (non-hydrogen) atoms. The highest BCUT2D eigenvalue weighted by Crippen LogP contribution is 2.41. The van der Waals surface area contributed by atoms with E-state index in [2.05, 4.69) is 77.0 Å². The van der Waals surface area contributed by atoms with Gasteiger partial charge in [-0.2, -0.15) is 5.10 Å². The molecule has 2 rings (SSSR count). The highest BCUT2D eigenvalue weighted by atomic mass is 79.9. The Bertz CT molecular complexity index is 997. The summed E-state index contributed by atoms with van der Waals surface area (Å²) in [5.74, 6) is 0.544. The number of nitrogens with one attached hydrogen (secondary N) is 1. The second kappa shape index (κ2) is 11.4. The van der Waals surface area contributed by atoms with E-state index in [1.165, 1.54) is 11.8 Å². The Hall–Kier alpha value is -2.06. The average Bonchev–Trinajstić information content (AvgIpc) is 2.72. The van der Waals surface area contributed by atoms with Crippen molar-refractivity contribution in [2.45, 2.75) is 53.4 Å². The van der Waals surface area contributed by atoms with E-state index in [1.807, 2.05) is 31.2 Å². The summed E-state index contributed by atoms with van der Waals surface area (Å²) in [6.07, 6.45) is 2.52. The molecule has 0 aliphatic rings. The lowest BCUT2D eigenvalue weighted by atomic mass is 9.72. The van der Waals surface area contributed by atoms with Crippen LogP contribution in [0.15, 0.2) is 44.4 Å². The van der Waals surface area contributed by atoms with Crippen LogP contribution < -0.4 is 14.9 Å². The van der Waals surface area contributed by atoms with Crippen molar-refractivity contribution in [3.05, 3.63) is 50.4 Å². The maximum Gasteiger partial charge on any atom is 0.277 e. The number of amides is 1. The van der Waals surface area contributed by atoms with Crippen LogP contribution in [0.5, 0.6) is 17.2 Å². The lowest BCUT2D eigenvalue weighted by Gasteiger charge is -2.33. The van der Waals surface area contributed by atoms with Gasteiger partial charge in [0.05, 0.1) is 17.3 Å². The zero-order valence-electron chi connectivity index (χ0n) is 20.0. The zero-order valence-corrected chi connectivity index (χ0v) is 23.1. The highest BCUT2D eigenvalue weighted by Gasteiger charge is 2.27. The predicted octanol–water partition coefficient (Wildman–Crippen LogP) is 6.56. The number of carbonyl (C=O) groups excluding carboxylic acids is 1. The van der Waals surface area contributed by atoms with E-state index < -0.39 is 0 Å². The number of hydrogen-bond acceptors (Lipinski definition) is 5. The molecule has 0 radical (unpaired) electrons. The number of phenols is 1. The smallest absolute Gasteiger partial charge is 0.277 e. The van der Waals surface area contributed by atoms with Crippen molar-refractivity contribution in [2.24, 2.45) is 10.5 Å². The molecule has 0 atom stereocenters. The molecule has 8 heteroatoms. The van der Waals surface area contributed by atoms with Gasteiger partial charge >= 0.3 is 0 Å². The van der Waals surface area contributed by atoms with Crippen LogP contribution in [-0.2, 0) is 10.2 Å². The number of halogens is 2. The third-order valence-corrected chi connectivity index (χ3v) is 7.00. The van der Waals surface area contributed by atoms with Gasteiger partial charge < -0.3 is 14.6 Å². The summed E-state index contributed by atoms with van der Waals surface area (Å²) < 4.78 is 12.0. The first-order valence-corrected chi connectivity index (χ1v) is 12.3. The summed E-state index contributed by atoms with van der Waals surface area (Å²) in [5.41, 5.74) is 4.57.